The number of Topliss-reactive ketones (excluding diaryl/α,β-unsaturated/α-hetero) is 1. The largest absolute Gasteiger partial charge is 0.458 e. The van der Waals surface area contributed by atoms with Crippen molar-refractivity contribution in [2.45, 2.75) is 142 Å². The lowest BCUT2D eigenvalue weighted by molar-refractivity contribution is -0.302. The van der Waals surface area contributed by atoms with Gasteiger partial charge < -0.3 is 43.3 Å². The summed E-state index contributed by atoms with van der Waals surface area (Å²) in [4.78, 5) is 49.1. The molecule has 0 amide bonds. The van der Waals surface area contributed by atoms with Gasteiger partial charge in [0.25, 0.3) is 0 Å². The second kappa shape index (κ2) is 17.8. The van der Waals surface area contributed by atoms with Gasteiger partial charge in [0, 0.05) is 29.7 Å². The first kappa shape index (κ1) is 44.0. The van der Waals surface area contributed by atoms with Gasteiger partial charge in [-0.05, 0) is 78.7 Å². The molecule has 0 radical (unpaired) electrons. The highest BCUT2D eigenvalue weighted by Crippen LogP contribution is 2.46. The molecule has 4 aliphatic rings. The first-order valence-electron chi connectivity index (χ1n) is 19.8. The monoisotopic (exact) mass is 794 g/mol. The smallest absolute Gasteiger partial charge is 0.311 e. The van der Waals surface area contributed by atoms with E-state index in [-0.39, 0.29) is 56.3 Å². The van der Waals surface area contributed by atoms with E-state index in [4.69, 9.17) is 33.3 Å². The summed E-state index contributed by atoms with van der Waals surface area (Å²) < 4.78 is 66.0. The normalized spacial score (nSPS) is 41.0. The van der Waals surface area contributed by atoms with Crippen LogP contribution in [0.5, 0.6) is 0 Å². The molecule has 0 aliphatic carbocycles. The molecule has 56 heavy (non-hydrogen) atoms. The zero-order chi connectivity index (χ0) is 41.3. The van der Waals surface area contributed by atoms with Gasteiger partial charge in [0.2, 0.25) is 0 Å². The third-order valence-electron chi connectivity index (χ3n) is 12.4. The zero-order valence-corrected chi connectivity index (χ0v) is 34.3. The summed E-state index contributed by atoms with van der Waals surface area (Å²) in [6.45, 7) is 13.9. The number of carbonyl (C=O) groups excluding carboxylic acids is 3. The van der Waals surface area contributed by atoms with Crippen LogP contribution in [-0.4, -0.2) is 115 Å². The number of likely N-dealkylation sites (N-methyl/N-ethyl adjacent to an activating group) is 1. The lowest BCUT2D eigenvalue weighted by Crippen LogP contribution is -2.60. The predicted octanol–water partition coefficient (Wildman–Crippen LogP) is 4.98. The van der Waals surface area contributed by atoms with Crippen LogP contribution in [0.3, 0.4) is 0 Å². The topological polar surface area (TPSA) is 152 Å². The van der Waals surface area contributed by atoms with Crippen LogP contribution < -0.4 is 0 Å². The Bertz CT molecular complexity index is 1610. The molecule has 1 N–H and O–H groups in total. The van der Waals surface area contributed by atoms with Crippen molar-refractivity contribution in [3.8, 4) is 0 Å². The quantitative estimate of drug-likeness (QED) is 0.293. The molecule has 4 heterocycles. The molecule has 5 rings (SSSR count). The summed E-state index contributed by atoms with van der Waals surface area (Å²) in [6.07, 6.45) is -4.11. The molecule has 4 fully saturated rings. The van der Waals surface area contributed by atoms with Gasteiger partial charge >= 0.3 is 11.9 Å². The van der Waals surface area contributed by atoms with Crippen molar-refractivity contribution in [3.63, 3.8) is 0 Å². The van der Waals surface area contributed by atoms with Crippen LogP contribution in [0.2, 0.25) is 0 Å². The number of benzene rings is 1. The second-order valence-corrected chi connectivity index (χ2v) is 16.9. The third kappa shape index (κ3) is 9.28. The van der Waals surface area contributed by atoms with Crippen molar-refractivity contribution in [1.29, 1.82) is 0 Å². The van der Waals surface area contributed by atoms with Gasteiger partial charge in [-0.1, -0.05) is 38.9 Å². The Morgan fingerprint density at radius 1 is 1.02 bits per heavy atom. The van der Waals surface area contributed by atoms with Crippen molar-refractivity contribution >= 4 is 23.4 Å². The van der Waals surface area contributed by atoms with Gasteiger partial charge in [-0.3, -0.25) is 14.4 Å². The van der Waals surface area contributed by atoms with E-state index in [1.54, 1.807) is 20.8 Å². The van der Waals surface area contributed by atoms with Crippen molar-refractivity contribution in [1.82, 2.24) is 4.90 Å². The molecule has 1 aromatic carbocycles. The molecule has 15 heteroatoms. The fourth-order valence-corrected chi connectivity index (χ4v) is 9.23. The number of hydrogen-bond acceptors (Lipinski definition) is 13. The highest BCUT2D eigenvalue weighted by Gasteiger charge is 2.57. The number of aliphatic hydroxyl groups is 1. The van der Waals surface area contributed by atoms with E-state index < -0.39 is 95.1 Å². The minimum atomic E-state index is -1.30. The Labute approximate surface area is 328 Å². The van der Waals surface area contributed by atoms with E-state index in [0.717, 1.165) is 12.1 Å². The maximum absolute atomic E-state index is 14.5. The standard InChI is InChI=1S/C41H60F2N2O11/c1-11-32-41(8)28(16-33(46)56-41)23(4)34(47)21(2)17-40(7)37(55-39-35(48)31(45(9)10)14-22(3)53-39)24(5)36(25(6)38(49)54-32)50-19-27(20-51-40)44-52-18-26-12-13-29(42)30(43)15-26/h12-13,15,21-25,28,31-32,35-37,39,48H,11,14,16-20H2,1-10H3/b44-27+/t21-,22-,23-,24+,25-,28+,31+,32-,35-,36+,37-,39+,40-,41+/m1/s1. The summed E-state index contributed by atoms with van der Waals surface area (Å²) in [5.74, 6) is -6.62. The van der Waals surface area contributed by atoms with Crippen LogP contribution in [0.1, 0.15) is 86.6 Å². The van der Waals surface area contributed by atoms with E-state index in [9.17, 15) is 28.3 Å². The van der Waals surface area contributed by atoms with Gasteiger partial charge in [-0.15, -0.1) is 0 Å². The number of ketones is 1. The average Bonchev–Trinajstić information content (AvgIpc) is 3.47. The Hall–Kier alpha value is -3.08. The minimum absolute atomic E-state index is 0.00543. The number of esters is 2. The number of ether oxygens (including phenoxy) is 6. The molecule has 0 spiro atoms. The summed E-state index contributed by atoms with van der Waals surface area (Å²) >= 11 is 0. The van der Waals surface area contributed by atoms with Crippen LogP contribution in [0.25, 0.3) is 0 Å². The van der Waals surface area contributed by atoms with E-state index in [1.165, 1.54) is 6.07 Å². The third-order valence-corrected chi connectivity index (χ3v) is 12.4. The Kier molecular flexibility index (Phi) is 14.0. The lowest BCUT2D eigenvalue weighted by Gasteiger charge is -2.48. The van der Waals surface area contributed by atoms with Crippen LogP contribution >= 0.6 is 0 Å². The fraction of sp³-hybridized carbons (Fsp3) is 0.756. The molecule has 0 unspecified atom stereocenters. The van der Waals surface area contributed by atoms with Crippen LogP contribution in [-0.2, 0) is 54.2 Å². The number of halogens is 2. The molecule has 1 aromatic rings. The molecular formula is C41H60F2N2O11. The lowest BCUT2D eigenvalue weighted by atomic mass is 9.70. The van der Waals surface area contributed by atoms with Gasteiger partial charge in [0.15, 0.2) is 17.9 Å². The molecule has 0 saturated carbocycles. The van der Waals surface area contributed by atoms with E-state index in [0.29, 0.717) is 18.4 Å². The fourth-order valence-electron chi connectivity index (χ4n) is 9.23. The van der Waals surface area contributed by atoms with Crippen molar-refractivity contribution in [2.75, 3.05) is 27.3 Å². The molecule has 4 saturated heterocycles. The predicted molar refractivity (Wildman–Crippen MR) is 199 cm³/mol. The first-order valence-corrected chi connectivity index (χ1v) is 19.8. The molecule has 4 aliphatic heterocycles. The first-order chi connectivity index (χ1) is 26.3. The van der Waals surface area contributed by atoms with Crippen molar-refractivity contribution in [2.24, 2.45) is 34.7 Å². The summed E-state index contributed by atoms with van der Waals surface area (Å²) in [7, 11) is 3.75. The number of cyclic esters (lactones) is 1. The maximum atomic E-state index is 14.5. The molecule has 14 atom stereocenters. The number of oxime groups is 1. The maximum Gasteiger partial charge on any atom is 0.311 e. The second-order valence-electron chi connectivity index (χ2n) is 16.9. The van der Waals surface area contributed by atoms with Crippen LogP contribution in [0, 0.1) is 41.2 Å². The van der Waals surface area contributed by atoms with E-state index >= 15 is 0 Å². The van der Waals surface area contributed by atoms with Gasteiger partial charge in [0.05, 0.1) is 49.5 Å². The summed E-state index contributed by atoms with van der Waals surface area (Å²) in [5, 5.41) is 15.9. The van der Waals surface area contributed by atoms with Gasteiger partial charge in [-0.25, -0.2) is 8.78 Å². The van der Waals surface area contributed by atoms with E-state index in [2.05, 4.69) is 5.16 Å². The number of fused-ring (bicyclic) bond motifs is 4. The Morgan fingerprint density at radius 2 is 1.73 bits per heavy atom. The van der Waals surface area contributed by atoms with Crippen molar-refractivity contribution in [3.05, 3.63) is 35.4 Å². The van der Waals surface area contributed by atoms with Crippen LogP contribution in [0.4, 0.5) is 8.78 Å². The number of carbonyl (C=O) groups is 3. The molecule has 0 aromatic heterocycles. The number of hydrogen-bond donors (Lipinski definition) is 1. The average molecular weight is 795 g/mol. The Balaban J connectivity index is 1.59. The summed E-state index contributed by atoms with van der Waals surface area (Å²) in [6, 6.07) is 3.11. The van der Waals surface area contributed by atoms with Crippen LogP contribution in [0.15, 0.2) is 23.4 Å². The molecule has 13 nitrogen and oxygen atoms in total. The zero-order valence-electron chi connectivity index (χ0n) is 34.3. The SMILES string of the molecule is CC[C@H]1OC(=O)[C@H](C)[C@H]2OC/C(=N\OCc3ccc(F)c(F)c3)CO[C@](C)(C[C@@H](C)C(=O)[C@H](C)[C@@H]3CC(=O)O[C@]13C)[C@H](O[C@@H]1O[C@H](C)C[C@H](N(C)C)[C@H]1O)[C@H]2C. The minimum Gasteiger partial charge on any atom is -0.458 e. The summed E-state index contributed by atoms with van der Waals surface area (Å²) in [5.41, 5.74) is -1.93. The highest BCUT2D eigenvalue weighted by atomic mass is 19.2. The molecule has 2 bridgehead atoms. The van der Waals surface area contributed by atoms with Gasteiger partial charge in [-0.2, -0.15) is 0 Å². The molecule has 314 valence electrons. The number of rotatable bonds is 7. The van der Waals surface area contributed by atoms with E-state index in [1.807, 2.05) is 53.6 Å². The highest BCUT2D eigenvalue weighted by molar-refractivity contribution is 5.87. The number of aliphatic hydroxyl groups excluding tert-OH is 1. The molecular weight excluding hydrogens is 734 g/mol. The Morgan fingerprint density at radius 3 is 2.39 bits per heavy atom. The number of nitrogens with zero attached hydrogens (tertiary/aromatic N) is 2. The van der Waals surface area contributed by atoms with Crippen molar-refractivity contribution < 1.29 is 61.5 Å². The van der Waals surface area contributed by atoms with Gasteiger partial charge in [0.1, 0.15) is 35.9 Å².